The fraction of sp³-hybridized carbons (Fsp3) is 0.320. The van der Waals surface area contributed by atoms with Crippen LogP contribution in [0.5, 0.6) is 0 Å². The van der Waals surface area contributed by atoms with Crippen molar-refractivity contribution in [2.24, 2.45) is 0 Å². The van der Waals surface area contributed by atoms with Crippen LogP contribution >= 0.6 is 0 Å². The zero-order chi connectivity index (χ0) is 24.1. The summed E-state index contributed by atoms with van der Waals surface area (Å²) in [7, 11) is 1.32. The van der Waals surface area contributed by atoms with Gasteiger partial charge in [0.15, 0.2) is 0 Å². The first-order chi connectivity index (χ1) is 15.7. The van der Waals surface area contributed by atoms with E-state index >= 15 is 0 Å². The number of benzene rings is 2. The number of allylic oxidation sites excluding steroid dienone is 1. The maximum absolute atomic E-state index is 12.6. The summed E-state index contributed by atoms with van der Waals surface area (Å²) in [5.41, 5.74) is 5.20. The number of hydrogen-bond acceptors (Lipinski definition) is 4. The number of hydrogen-bond donors (Lipinski definition) is 3. The van der Waals surface area contributed by atoms with Crippen LogP contribution in [0.1, 0.15) is 43.0 Å². The molecule has 3 N–H and O–H groups in total. The second-order valence-electron chi connectivity index (χ2n) is 8.02. The number of carbonyl (C=O) groups excluding carboxylic acids is 3. The van der Waals surface area contributed by atoms with Crippen molar-refractivity contribution in [3.8, 4) is 0 Å². The fourth-order valence-corrected chi connectivity index (χ4v) is 3.77. The second-order valence-corrected chi connectivity index (χ2v) is 8.02. The van der Waals surface area contributed by atoms with E-state index in [1.165, 1.54) is 7.11 Å². The Morgan fingerprint density at radius 2 is 1.64 bits per heavy atom. The molecular weight excluding hydrogens is 420 g/mol. The molecule has 0 radical (unpaired) electrons. The van der Waals surface area contributed by atoms with Crippen LogP contribution in [0.15, 0.2) is 53.7 Å². The minimum Gasteiger partial charge on any atom is -0.466 e. The van der Waals surface area contributed by atoms with Crippen molar-refractivity contribution >= 4 is 29.4 Å². The van der Waals surface area contributed by atoms with E-state index in [1.807, 2.05) is 39.0 Å². The third kappa shape index (κ3) is 5.34. The molecule has 0 aliphatic carbocycles. The van der Waals surface area contributed by atoms with Crippen LogP contribution in [0.2, 0.25) is 0 Å². The quantitative estimate of drug-likeness (QED) is 0.547. The zero-order valence-electron chi connectivity index (χ0n) is 19.6. The predicted molar refractivity (Wildman–Crippen MR) is 128 cm³/mol. The molecule has 0 aromatic heterocycles. The Bertz CT molecular complexity index is 1090. The maximum atomic E-state index is 12.6. The highest BCUT2D eigenvalue weighted by molar-refractivity contribution is 6.00. The number of nitrogens with zero attached hydrogens (tertiary/aromatic N) is 1. The summed E-state index contributed by atoms with van der Waals surface area (Å²) in [5.74, 6) is -0.492. The van der Waals surface area contributed by atoms with Gasteiger partial charge in [0, 0.05) is 23.6 Å². The Morgan fingerprint density at radius 1 is 1.00 bits per heavy atom. The highest BCUT2D eigenvalue weighted by Crippen LogP contribution is 2.32. The topological polar surface area (TPSA) is 99.8 Å². The lowest BCUT2D eigenvalue weighted by Gasteiger charge is -2.35. The molecule has 8 nitrogen and oxygen atoms in total. The lowest BCUT2D eigenvalue weighted by Crippen LogP contribution is -2.48. The van der Waals surface area contributed by atoms with Crippen LogP contribution in [0.25, 0.3) is 0 Å². The third-order valence-electron chi connectivity index (χ3n) is 5.72. The normalized spacial score (nSPS) is 15.7. The van der Waals surface area contributed by atoms with Crippen LogP contribution < -0.4 is 16.0 Å². The maximum Gasteiger partial charge on any atom is 0.337 e. The number of methoxy groups -OCH3 is 1. The summed E-state index contributed by atoms with van der Waals surface area (Å²) in [6, 6.07) is 11.4. The van der Waals surface area contributed by atoms with Crippen molar-refractivity contribution < 1.29 is 19.1 Å². The highest BCUT2D eigenvalue weighted by Gasteiger charge is 2.35. The fourth-order valence-electron chi connectivity index (χ4n) is 3.77. The molecule has 2 aromatic rings. The van der Waals surface area contributed by atoms with Crippen LogP contribution in [0.3, 0.4) is 0 Å². The van der Waals surface area contributed by atoms with E-state index < -0.39 is 12.0 Å². The highest BCUT2D eigenvalue weighted by atomic mass is 16.5. The first-order valence-corrected chi connectivity index (χ1v) is 10.9. The van der Waals surface area contributed by atoms with Crippen LogP contribution in [-0.4, -0.2) is 36.6 Å². The van der Waals surface area contributed by atoms with Gasteiger partial charge in [-0.15, -0.1) is 0 Å². The number of anilines is 2. The third-order valence-corrected chi connectivity index (χ3v) is 5.72. The molecule has 3 rings (SSSR count). The smallest absolute Gasteiger partial charge is 0.337 e. The molecule has 1 heterocycles. The molecule has 2 aromatic carbocycles. The molecule has 8 heteroatoms. The van der Waals surface area contributed by atoms with Gasteiger partial charge < -0.3 is 20.7 Å². The summed E-state index contributed by atoms with van der Waals surface area (Å²) in [4.78, 5) is 39.1. The average Bonchev–Trinajstić information content (AvgIpc) is 2.78. The van der Waals surface area contributed by atoms with Gasteiger partial charge in [0.05, 0.1) is 18.7 Å². The average molecular weight is 451 g/mol. The number of ether oxygens (including phenoxy) is 1. The number of amides is 4. The van der Waals surface area contributed by atoms with E-state index in [4.69, 9.17) is 4.74 Å². The zero-order valence-corrected chi connectivity index (χ0v) is 19.6. The van der Waals surface area contributed by atoms with E-state index in [0.717, 1.165) is 17.5 Å². The molecule has 1 aliphatic heterocycles. The summed E-state index contributed by atoms with van der Waals surface area (Å²) in [6.07, 6.45) is 0.758. The largest absolute Gasteiger partial charge is 0.466 e. The van der Waals surface area contributed by atoms with Gasteiger partial charge in [0.25, 0.3) is 0 Å². The van der Waals surface area contributed by atoms with Crippen LogP contribution in [0.4, 0.5) is 21.0 Å². The molecule has 0 bridgehead atoms. The van der Waals surface area contributed by atoms with Crippen molar-refractivity contribution in [3.05, 3.63) is 70.4 Å². The number of urea groups is 2. The first kappa shape index (κ1) is 23.8. The lowest BCUT2D eigenvalue weighted by molar-refractivity contribution is -0.136. The minimum absolute atomic E-state index is 0.262. The van der Waals surface area contributed by atoms with Gasteiger partial charge in [-0.2, -0.15) is 0 Å². The van der Waals surface area contributed by atoms with E-state index in [1.54, 1.807) is 36.1 Å². The Kier molecular flexibility index (Phi) is 7.37. The summed E-state index contributed by atoms with van der Waals surface area (Å²) in [5, 5.41) is 8.50. The van der Waals surface area contributed by atoms with E-state index in [2.05, 4.69) is 16.0 Å². The molecule has 0 spiro atoms. The Hall–Kier alpha value is -3.81. The Labute approximate surface area is 194 Å². The molecule has 1 atom stereocenters. The van der Waals surface area contributed by atoms with Gasteiger partial charge in [-0.1, -0.05) is 25.1 Å². The molecule has 174 valence electrons. The van der Waals surface area contributed by atoms with E-state index in [-0.39, 0.29) is 12.1 Å². The van der Waals surface area contributed by atoms with Crippen molar-refractivity contribution in [1.82, 2.24) is 10.2 Å². The van der Waals surface area contributed by atoms with Crippen molar-refractivity contribution in [2.75, 3.05) is 24.3 Å². The Morgan fingerprint density at radius 3 is 2.24 bits per heavy atom. The van der Waals surface area contributed by atoms with Crippen molar-refractivity contribution in [1.29, 1.82) is 0 Å². The molecule has 1 aliphatic rings. The van der Waals surface area contributed by atoms with Crippen LogP contribution in [0, 0.1) is 13.8 Å². The molecule has 0 unspecified atom stereocenters. The van der Waals surface area contributed by atoms with Crippen molar-refractivity contribution in [2.45, 2.75) is 40.2 Å². The van der Waals surface area contributed by atoms with Gasteiger partial charge in [-0.05, 0) is 68.1 Å². The molecule has 0 saturated carbocycles. The lowest BCUT2D eigenvalue weighted by atomic mass is 9.94. The van der Waals surface area contributed by atoms with Gasteiger partial charge in [0.1, 0.15) is 0 Å². The number of esters is 1. The summed E-state index contributed by atoms with van der Waals surface area (Å²) >= 11 is 0. The number of rotatable bonds is 6. The number of nitrogens with one attached hydrogen (secondary N) is 3. The minimum atomic E-state index is -0.642. The molecule has 0 fully saturated rings. The van der Waals surface area contributed by atoms with E-state index in [0.29, 0.717) is 34.8 Å². The van der Waals surface area contributed by atoms with E-state index in [9.17, 15) is 14.4 Å². The summed E-state index contributed by atoms with van der Waals surface area (Å²) < 4.78 is 4.98. The standard InChI is InChI=1S/C25H30N4O4/c1-6-13-29-17(4)21(23(30)33-5)22(28-25(29)32)18-8-11-19(12-9-18)26-24(31)27-20-10-7-15(2)16(3)14-20/h7-12,14,22H,6,13H2,1-5H3,(H,28,32)(H2,26,27,31)/t22-/m1/s1. The summed E-state index contributed by atoms with van der Waals surface area (Å²) in [6.45, 7) is 8.22. The number of aryl methyl sites for hydroxylation is 2. The van der Waals surface area contributed by atoms with Crippen molar-refractivity contribution in [3.63, 3.8) is 0 Å². The molecule has 4 amide bonds. The first-order valence-electron chi connectivity index (χ1n) is 10.9. The van der Waals surface area contributed by atoms with Crippen LogP contribution in [-0.2, 0) is 9.53 Å². The van der Waals surface area contributed by atoms with Gasteiger partial charge in [0.2, 0.25) is 0 Å². The molecule has 33 heavy (non-hydrogen) atoms. The molecular formula is C25H30N4O4. The SMILES string of the molecule is CCCN1C(=O)N[C@H](c2ccc(NC(=O)Nc3ccc(C)c(C)c3)cc2)C(C(=O)OC)=C1C. The monoisotopic (exact) mass is 450 g/mol. The van der Waals surface area contributed by atoms with Gasteiger partial charge in [-0.3, -0.25) is 4.90 Å². The van der Waals surface area contributed by atoms with Gasteiger partial charge in [-0.25, -0.2) is 14.4 Å². The Balaban J connectivity index is 1.77. The van der Waals surface area contributed by atoms with Gasteiger partial charge >= 0.3 is 18.0 Å². The molecule has 0 saturated heterocycles. The predicted octanol–water partition coefficient (Wildman–Crippen LogP) is 4.87. The number of carbonyl (C=O) groups is 3. The second kappa shape index (κ2) is 10.2.